The molecular weight excluding hydrogens is 186 g/mol. The summed E-state index contributed by atoms with van der Waals surface area (Å²) >= 11 is 0. The highest BCUT2D eigenvalue weighted by Gasteiger charge is 2.31. The van der Waals surface area contributed by atoms with Gasteiger partial charge in [-0.25, -0.2) is 0 Å². The van der Waals surface area contributed by atoms with Crippen LogP contribution < -0.4 is 5.73 Å². The number of hydrogen-bond acceptors (Lipinski definition) is 3. The van der Waals surface area contributed by atoms with Crippen LogP contribution in [0, 0.1) is 0 Å². The molecule has 3 nitrogen and oxygen atoms in total. The minimum Gasteiger partial charge on any atom is -0.325 e. The van der Waals surface area contributed by atoms with Crippen LogP contribution in [-0.2, 0) is 0 Å². The van der Waals surface area contributed by atoms with Gasteiger partial charge in [0.05, 0.1) is 0 Å². The number of likely N-dealkylation sites (tertiary alicyclic amines) is 2. The van der Waals surface area contributed by atoms with Gasteiger partial charge in [0.1, 0.15) is 0 Å². The zero-order valence-corrected chi connectivity index (χ0v) is 10.2. The molecule has 2 aliphatic rings. The van der Waals surface area contributed by atoms with Crippen LogP contribution in [0.2, 0.25) is 0 Å². The largest absolute Gasteiger partial charge is 0.325 e. The Hall–Kier alpha value is -0.120. The first-order chi connectivity index (χ1) is 7.16. The van der Waals surface area contributed by atoms with Gasteiger partial charge in [0.2, 0.25) is 0 Å². The van der Waals surface area contributed by atoms with E-state index in [1.807, 2.05) is 0 Å². The standard InChI is InChI=1S/C12H25N3/c1-10(2)14-6-3-4-12(5-7-14)15-8-11(13)9-15/h10-12H,3-9,13H2,1-2H3. The van der Waals surface area contributed by atoms with Gasteiger partial charge in [-0.2, -0.15) is 0 Å². The van der Waals surface area contributed by atoms with E-state index in [0.29, 0.717) is 12.1 Å². The summed E-state index contributed by atoms with van der Waals surface area (Å²) in [7, 11) is 0. The normalized spacial score (nSPS) is 31.6. The lowest BCUT2D eigenvalue weighted by Gasteiger charge is -2.42. The highest BCUT2D eigenvalue weighted by Crippen LogP contribution is 2.21. The molecule has 0 spiro atoms. The van der Waals surface area contributed by atoms with Crippen molar-refractivity contribution in [2.45, 2.75) is 51.2 Å². The smallest absolute Gasteiger partial charge is 0.0297 e. The maximum Gasteiger partial charge on any atom is 0.0297 e. The molecule has 15 heavy (non-hydrogen) atoms. The lowest BCUT2D eigenvalue weighted by Crippen LogP contribution is -2.59. The van der Waals surface area contributed by atoms with Crippen LogP contribution in [0.3, 0.4) is 0 Å². The van der Waals surface area contributed by atoms with Crippen LogP contribution in [0.5, 0.6) is 0 Å². The molecule has 0 aliphatic carbocycles. The molecule has 2 saturated heterocycles. The molecule has 2 N–H and O–H groups in total. The first-order valence-electron chi connectivity index (χ1n) is 6.40. The molecule has 0 saturated carbocycles. The molecule has 1 atom stereocenters. The summed E-state index contributed by atoms with van der Waals surface area (Å²) in [6, 6.07) is 1.98. The lowest BCUT2D eigenvalue weighted by atomic mass is 10.0. The Kier molecular flexibility index (Phi) is 3.65. The number of nitrogens with zero attached hydrogens (tertiary/aromatic N) is 2. The molecule has 2 fully saturated rings. The molecule has 1 unspecified atom stereocenters. The molecule has 2 heterocycles. The van der Waals surface area contributed by atoms with E-state index in [2.05, 4.69) is 23.6 Å². The first-order valence-corrected chi connectivity index (χ1v) is 6.40. The Bertz CT molecular complexity index is 199. The molecule has 0 bridgehead atoms. The molecule has 0 amide bonds. The number of nitrogens with two attached hydrogens (primary N) is 1. The maximum atomic E-state index is 5.84. The van der Waals surface area contributed by atoms with Gasteiger partial charge in [0, 0.05) is 31.2 Å². The van der Waals surface area contributed by atoms with Gasteiger partial charge in [0.15, 0.2) is 0 Å². The van der Waals surface area contributed by atoms with Crippen LogP contribution in [0.25, 0.3) is 0 Å². The maximum absolute atomic E-state index is 5.84. The van der Waals surface area contributed by atoms with Crippen molar-refractivity contribution in [3.05, 3.63) is 0 Å². The van der Waals surface area contributed by atoms with E-state index in [0.717, 1.165) is 19.1 Å². The van der Waals surface area contributed by atoms with E-state index < -0.39 is 0 Å². The minimum absolute atomic E-state index is 0.453. The fraction of sp³-hybridized carbons (Fsp3) is 1.00. The summed E-state index contributed by atoms with van der Waals surface area (Å²) in [5.41, 5.74) is 5.84. The van der Waals surface area contributed by atoms with Crippen molar-refractivity contribution < 1.29 is 0 Å². The van der Waals surface area contributed by atoms with Crippen molar-refractivity contribution in [1.29, 1.82) is 0 Å². The van der Waals surface area contributed by atoms with E-state index in [1.54, 1.807) is 0 Å². The third kappa shape index (κ3) is 2.71. The fourth-order valence-electron chi connectivity index (χ4n) is 2.83. The molecule has 0 radical (unpaired) electrons. The van der Waals surface area contributed by atoms with Crippen molar-refractivity contribution in [2.75, 3.05) is 26.2 Å². The van der Waals surface area contributed by atoms with Crippen LogP contribution >= 0.6 is 0 Å². The summed E-state index contributed by atoms with van der Waals surface area (Å²) in [5.74, 6) is 0. The molecule has 3 heteroatoms. The average Bonchev–Trinajstić information content (AvgIpc) is 2.37. The molecule has 2 aliphatic heterocycles. The second-order valence-electron chi connectivity index (χ2n) is 5.43. The predicted molar refractivity (Wildman–Crippen MR) is 63.9 cm³/mol. The average molecular weight is 211 g/mol. The molecule has 2 rings (SSSR count). The quantitative estimate of drug-likeness (QED) is 0.736. The first kappa shape index (κ1) is 11.4. The van der Waals surface area contributed by atoms with Crippen LogP contribution in [-0.4, -0.2) is 54.1 Å². The Labute approximate surface area is 93.6 Å². The van der Waals surface area contributed by atoms with Crippen LogP contribution in [0.15, 0.2) is 0 Å². The van der Waals surface area contributed by atoms with Crippen molar-refractivity contribution in [1.82, 2.24) is 9.80 Å². The van der Waals surface area contributed by atoms with E-state index in [1.165, 1.54) is 32.4 Å². The second-order valence-corrected chi connectivity index (χ2v) is 5.43. The topological polar surface area (TPSA) is 32.5 Å². The van der Waals surface area contributed by atoms with Gasteiger partial charge in [-0.1, -0.05) is 0 Å². The third-order valence-electron chi connectivity index (χ3n) is 3.92. The summed E-state index contributed by atoms with van der Waals surface area (Å²) in [5, 5.41) is 0. The van der Waals surface area contributed by atoms with Gasteiger partial charge in [-0.15, -0.1) is 0 Å². The SMILES string of the molecule is CC(C)N1CCCC(N2CC(N)C2)CC1. The fourth-order valence-corrected chi connectivity index (χ4v) is 2.83. The van der Waals surface area contributed by atoms with Crippen molar-refractivity contribution in [2.24, 2.45) is 5.73 Å². The number of hydrogen-bond donors (Lipinski definition) is 1. The number of rotatable bonds is 2. The van der Waals surface area contributed by atoms with Crippen molar-refractivity contribution in [3.63, 3.8) is 0 Å². The Morgan fingerprint density at radius 1 is 1.13 bits per heavy atom. The van der Waals surface area contributed by atoms with E-state index in [4.69, 9.17) is 5.73 Å². The third-order valence-corrected chi connectivity index (χ3v) is 3.92. The zero-order valence-electron chi connectivity index (χ0n) is 10.2. The summed E-state index contributed by atoms with van der Waals surface area (Å²) in [4.78, 5) is 5.19. The monoisotopic (exact) mass is 211 g/mol. The highest BCUT2D eigenvalue weighted by atomic mass is 15.3. The van der Waals surface area contributed by atoms with Crippen molar-refractivity contribution >= 4 is 0 Å². The summed E-state index contributed by atoms with van der Waals surface area (Å²) in [6.07, 6.45) is 4.06. The van der Waals surface area contributed by atoms with Gasteiger partial charge in [0.25, 0.3) is 0 Å². The Morgan fingerprint density at radius 3 is 2.47 bits per heavy atom. The van der Waals surface area contributed by atoms with E-state index >= 15 is 0 Å². The van der Waals surface area contributed by atoms with Crippen LogP contribution in [0.1, 0.15) is 33.1 Å². The molecule has 0 aromatic carbocycles. The van der Waals surface area contributed by atoms with Crippen LogP contribution in [0.4, 0.5) is 0 Å². The van der Waals surface area contributed by atoms with Crippen molar-refractivity contribution in [3.8, 4) is 0 Å². The minimum atomic E-state index is 0.453. The van der Waals surface area contributed by atoms with E-state index in [-0.39, 0.29) is 0 Å². The zero-order chi connectivity index (χ0) is 10.8. The Morgan fingerprint density at radius 2 is 1.87 bits per heavy atom. The summed E-state index contributed by atoms with van der Waals surface area (Å²) in [6.45, 7) is 9.43. The van der Waals surface area contributed by atoms with Gasteiger partial charge < -0.3 is 10.6 Å². The highest BCUT2D eigenvalue weighted by molar-refractivity contribution is 4.89. The Balaban J connectivity index is 1.79. The van der Waals surface area contributed by atoms with Gasteiger partial charge >= 0.3 is 0 Å². The summed E-state index contributed by atoms with van der Waals surface area (Å²) < 4.78 is 0. The molecular formula is C12H25N3. The molecule has 88 valence electrons. The van der Waals surface area contributed by atoms with Gasteiger partial charge in [-0.05, 0) is 46.2 Å². The predicted octanol–water partition coefficient (Wildman–Crippen LogP) is 0.892. The second kappa shape index (κ2) is 4.81. The van der Waals surface area contributed by atoms with E-state index in [9.17, 15) is 0 Å². The van der Waals surface area contributed by atoms with Gasteiger partial charge in [-0.3, -0.25) is 4.90 Å². The molecule has 0 aromatic heterocycles. The molecule has 0 aromatic rings. The lowest BCUT2D eigenvalue weighted by molar-refractivity contribution is 0.0836.